The lowest BCUT2D eigenvalue weighted by molar-refractivity contribution is -0.144. The molecule has 0 heterocycles. The predicted molar refractivity (Wildman–Crippen MR) is 48.3 cm³/mol. The zero-order valence-electron chi connectivity index (χ0n) is 8.50. The zero-order valence-corrected chi connectivity index (χ0v) is 8.50. The van der Waals surface area contributed by atoms with Gasteiger partial charge in [0, 0.05) is 7.11 Å². The highest BCUT2D eigenvalue weighted by Crippen LogP contribution is 1.92. The molecule has 12 heavy (non-hydrogen) atoms. The number of hydrogen-bond acceptors (Lipinski definition) is 3. The third-order valence-corrected chi connectivity index (χ3v) is 1.23. The van der Waals surface area contributed by atoms with Crippen LogP contribution in [0.2, 0.25) is 0 Å². The molecule has 1 N–H and O–H groups in total. The molecule has 0 aromatic heterocycles. The summed E-state index contributed by atoms with van der Waals surface area (Å²) in [5.41, 5.74) is 0. The molecule has 0 rings (SSSR count). The van der Waals surface area contributed by atoms with Crippen LogP contribution in [0.1, 0.15) is 13.8 Å². The number of carboxylic acid groups (broad SMARTS) is 1. The van der Waals surface area contributed by atoms with E-state index in [1.165, 1.54) is 7.11 Å². The van der Waals surface area contributed by atoms with Crippen LogP contribution in [-0.4, -0.2) is 49.8 Å². The lowest BCUT2D eigenvalue weighted by Crippen LogP contribution is -2.39. The second-order valence-electron chi connectivity index (χ2n) is 2.27. The minimum Gasteiger partial charge on any atom is -0.480 e. The Bertz CT molecular complexity index is 115. The van der Waals surface area contributed by atoms with E-state index >= 15 is 0 Å². The van der Waals surface area contributed by atoms with Crippen molar-refractivity contribution in [3.05, 3.63) is 0 Å². The van der Waals surface area contributed by atoms with Crippen LogP contribution in [0.3, 0.4) is 0 Å². The fourth-order valence-electron chi connectivity index (χ4n) is 0.599. The van der Waals surface area contributed by atoms with Gasteiger partial charge in [0.1, 0.15) is 6.04 Å². The predicted octanol–water partition coefficient (Wildman–Crippen LogP) is 0.674. The molecule has 0 aromatic rings. The molecule has 0 fully saturated rings. The molecular weight excluding hydrogens is 158 g/mol. The summed E-state index contributed by atoms with van der Waals surface area (Å²) < 4.78 is 4.70. The summed E-state index contributed by atoms with van der Waals surface area (Å²) in [6.07, 6.45) is 0. The number of hydrogen-bond donors (Lipinski definition) is 1. The Morgan fingerprint density at radius 1 is 1.50 bits per heavy atom. The van der Waals surface area contributed by atoms with Gasteiger partial charge in [-0.3, -0.25) is 9.69 Å². The second-order valence-corrected chi connectivity index (χ2v) is 2.27. The van der Waals surface area contributed by atoms with Gasteiger partial charge in [0.25, 0.3) is 0 Å². The van der Waals surface area contributed by atoms with Crippen molar-refractivity contribution in [2.24, 2.45) is 0 Å². The number of likely N-dealkylation sites (N-methyl/N-ethyl adjacent to an activating group) is 1. The van der Waals surface area contributed by atoms with E-state index in [-0.39, 0.29) is 6.61 Å². The van der Waals surface area contributed by atoms with Crippen molar-refractivity contribution in [3.8, 4) is 0 Å². The van der Waals surface area contributed by atoms with Gasteiger partial charge in [-0.2, -0.15) is 0 Å². The summed E-state index contributed by atoms with van der Waals surface area (Å²) in [6.45, 7) is 4.22. The Morgan fingerprint density at radius 2 is 1.92 bits per heavy atom. The molecule has 0 aromatic carbocycles. The van der Waals surface area contributed by atoms with Gasteiger partial charge >= 0.3 is 5.97 Å². The minimum atomic E-state index is -0.855. The Hall–Kier alpha value is -0.610. The quantitative estimate of drug-likeness (QED) is 0.686. The first kappa shape index (κ1) is 13.9. The van der Waals surface area contributed by atoms with Crippen LogP contribution >= 0.6 is 0 Å². The average Bonchev–Trinajstić information content (AvgIpc) is 2.03. The first-order valence-corrected chi connectivity index (χ1v) is 3.97. The number of carbonyl (C=O) groups is 1. The van der Waals surface area contributed by atoms with Gasteiger partial charge in [-0.1, -0.05) is 13.8 Å². The average molecular weight is 177 g/mol. The van der Waals surface area contributed by atoms with Crippen molar-refractivity contribution in [3.63, 3.8) is 0 Å². The molecular formula is C8H19NO3. The lowest BCUT2D eigenvalue weighted by atomic mass is 10.3. The molecule has 74 valence electrons. The van der Waals surface area contributed by atoms with Gasteiger partial charge in [-0.25, -0.2) is 0 Å². The molecule has 0 aliphatic rings. The highest BCUT2D eigenvalue weighted by atomic mass is 16.5. The highest BCUT2D eigenvalue weighted by Gasteiger charge is 2.18. The van der Waals surface area contributed by atoms with Crippen molar-refractivity contribution >= 4 is 5.97 Å². The Morgan fingerprint density at radius 3 is 2.00 bits per heavy atom. The van der Waals surface area contributed by atoms with Gasteiger partial charge in [0.05, 0.1) is 6.61 Å². The maximum atomic E-state index is 10.4. The van der Waals surface area contributed by atoms with E-state index < -0.39 is 12.0 Å². The molecule has 0 aliphatic carbocycles. The number of carboxylic acids is 1. The fourth-order valence-corrected chi connectivity index (χ4v) is 0.599. The Kier molecular flexibility index (Phi) is 9.86. The number of ether oxygens (including phenoxy) is 1. The molecule has 0 saturated carbocycles. The summed E-state index contributed by atoms with van der Waals surface area (Å²) in [6, 6.07) is -0.537. The van der Waals surface area contributed by atoms with Crippen LogP contribution < -0.4 is 0 Å². The molecule has 1 atom stereocenters. The smallest absolute Gasteiger partial charge is 0.323 e. The Labute approximate surface area is 74.1 Å². The molecule has 0 saturated heterocycles. The molecule has 1 unspecified atom stereocenters. The molecule has 4 nitrogen and oxygen atoms in total. The normalized spacial score (nSPS) is 11.8. The third-order valence-electron chi connectivity index (χ3n) is 1.23. The summed E-state index contributed by atoms with van der Waals surface area (Å²) in [7, 11) is 4.90. The van der Waals surface area contributed by atoms with Crippen LogP contribution in [0.15, 0.2) is 0 Å². The molecule has 4 heteroatoms. The molecule has 0 bridgehead atoms. The minimum absolute atomic E-state index is 0.225. The highest BCUT2D eigenvalue weighted by molar-refractivity contribution is 5.73. The van der Waals surface area contributed by atoms with Crippen LogP contribution in [-0.2, 0) is 9.53 Å². The van der Waals surface area contributed by atoms with Crippen molar-refractivity contribution in [1.29, 1.82) is 0 Å². The third kappa shape index (κ3) is 6.12. The number of nitrogens with zero attached hydrogens (tertiary/aromatic N) is 1. The van der Waals surface area contributed by atoms with Gasteiger partial charge < -0.3 is 9.84 Å². The van der Waals surface area contributed by atoms with Crippen LogP contribution in [0.25, 0.3) is 0 Å². The maximum Gasteiger partial charge on any atom is 0.323 e. The molecule has 0 aliphatic heterocycles. The van der Waals surface area contributed by atoms with E-state index in [2.05, 4.69) is 0 Å². The summed E-state index contributed by atoms with van der Waals surface area (Å²) in [5.74, 6) is -0.855. The van der Waals surface area contributed by atoms with E-state index in [1.807, 2.05) is 13.8 Å². The zero-order chi connectivity index (χ0) is 10.1. The first-order valence-electron chi connectivity index (χ1n) is 3.97. The van der Waals surface area contributed by atoms with Crippen molar-refractivity contribution in [2.45, 2.75) is 19.9 Å². The molecule has 0 radical (unpaired) electrons. The first-order chi connectivity index (χ1) is 5.59. The second kappa shape index (κ2) is 8.49. The van der Waals surface area contributed by atoms with Crippen LogP contribution in [0.5, 0.6) is 0 Å². The fraction of sp³-hybridized carbons (Fsp3) is 0.875. The topological polar surface area (TPSA) is 49.8 Å². The van der Waals surface area contributed by atoms with Crippen LogP contribution in [0.4, 0.5) is 0 Å². The van der Waals surface area contributed by atoms with Crippen molar-refractivity contribution in [2.75, 3.05) is 27.8 Å². The maximum absolute atomic E-state index is 10.4. The van der Waals surface area contributed by atoms with Gasteiger partial charge in [-0.15, -0.1) is 0 Å². The van der Waals surface area contributed by atoms with E-state index in [0.29, 0.717) is 0 Å². The van der Waals surface area contributed by atoms with Gasteiger partial charge in [0.2, 0.25) is 0 Å². The van der Waals surface area contributed by atoms with Crippen molar-refractivity contribution < 1.29 is 14.6 Å². The Balaban J connectivity index is 0. The van der Waals surface area contributed by atoms with E-state index in [0.717, 1.165) is 0 Å². The summed E-state index contributed by atoms with van der Waals surface area (Å²) >= 11 is 0. The molecule has 0 spiro atoms. The number of rotatable bonds is 4. The van der Waals surface area contributed by atoms with Crippen molar-refractivity contribution in [1.82, 2.24) is 4.90 Å². The van der Waals surface area contributed by atoms with Crippen LogP contribution in [0, 0.1) is 0 Å². The van der Waals surface area contributed by atoms with Gasteiger partial charge in [0.15, 0.2) is 0 Å². The van der Waals surface area contributed by atoms with E-state index in [9.17, 15) is 4.79 Å². The number of methoxy groups -OCH3 is 1. The SMILES string of the molecule is CC.COCC(C(=O)O)N(C)C. The number of aliphatic carboxylic acids is 1. The standard InChI is InChI=1S/C6H13NO3.C2H6/c1-7(2)5(4-10-3)6(8)9;1-2/h5H,4H2,1-3H3,(H,8,9);1-2H3. The van der Waals surface area contributed by atoms with E-state index in [1.54, 1.807) is 19.0 Å². The summed E-state index contributed by atoms with van der Waals surface area (Å²) in [4.78, 5) is 12.0. The monoisotopic (exact) mass is 177 g/mol. The van der Waals surface area contributed by atoms with E-state index in [4.69, 9.17) is 9.84 Å². The summed E-state index contributed by atoms with van der Waals surface area (Å²) in [5, 5.41) is 8.55. The largest absolute Gasteiger partial charge is 0.480 e. The van der Waals surface area contributed by atoms with Gasteiger partial charge in [-0.05, 0) is 14.1 Å². The molecule has 0 amide bonds. The lowest BCUT2D eigenvalue weighted by Gasteiger charge is -2.18.